The maximum atomic E-state index is 13.2. The van der Waals surface area contributed by atoms with Crippen molar-refractivity contribution in [3.8, 4) is 0 Å². The summed E-state index contributed by atoms with van der Waals surface area (Å²) in [6.45, 7) is 4.73. The van der Waals surface area contributed by atoms with Gasteiger partial charge in [0, 0.05) is 17.3 Å². The molecular weight excluding hydrogens is 426 g/mol. The number of hydrogen-bond acceptors (Lipinski definition) is 7. The molecule has 0 amide bonds. The summed E-state index contributed by atoms with van der Waals surface area (Å²) in [4.78, 5) is 32.3. The van der Waals surface area contributed by atoms with Crippen molar-refractivity contribution in [3.63, 3.8) is 0 Å². The highest BCUT2D eigenvalue weighted by Gasteiger charge is 2.31. The number of ketones is 1. The molecule has 0 aliphatic rings. The molecule has 1 aromatic carbocycles. The summed E-state index contributed by atoms with van der Waals surface area (Å²) in [5.74, 6) is -1.02. The molecule has 1 N–H and O–H groups in total. The third-order valence-corrected chi connectivity index (χ3v) is 7.11. The predicted molar refractivity (Wildman–Crippen MR) is 114 cm³/mol. The van der Waals surface area contributed by atoms with Gasteiger partial charge >= 0.3 is 5.97 Å². The van der Waals surface area contributed by atoms with Crippen molar-refractivity contribution in [2.24, 2.45) is 0 Å². The van der Waals surface area contributed by atoms with E-state index in [-0.39, 0.29) is 27.9 Å². The first-order valence-corrected chi connectivity index (χ1v) is 11.5. The van der Waals surface area contributed by atoms with E-state index in [1.165, 1.54) is 18.3 Å². The number of carbonyl (C=O) groups is 2. The number of rotatable bonds is 8. The molecule has 10 heteroatoms. The molecule has 0 radical (unpaired) electrons. The highest BCUT2D eigenvalue weighted by Crippen LogP contribution is 2.27. The number of Topliss-reactive ketones (excluding diaryl/α,β-unsaturated/α-hetero) is 1. The van der Waals surface area contributed by atoms with Crippen LogP contribution in [-0.4, -0.2) is 43.3 Å². The molecule has 0 saturated carbocycles. The van der Waals surface area contributed by atoms with E-state index in [1.807, 2.05) is 0 Å². The first-order valence-electron chi connectivity index (χ1n) is 9.14. The summed E-state index contributed by atoms with van der Waals surface area (Å²) in [6.07, 6.45) is 1.47. The zero-order valence-corrected chi connectivity index (χ0v) is 18.3. The summed E-state index contributed by atoms with van der Waals surface area (Å²) in [6, 6.07) is 7.85. The number of anilines is 1. The maximum absolute atomic E-state index is 13.2. The largest absolute Gasteiger partial charge is 0.462 e. The molecule has 2 aromatic heterocycles. The number of benzene rings is 1. The molecule has 0 bridgehead atoms. The Balaban J connectivity index is 1.98. The smallest absolute Gasteiger partial charge is 0.340 e. The number of aromatic amines is 1. The maximum Gasteiger partial charge on any atom is 0.340 e. The molecule has 8 nitrogen and oxygen atoms in total. The van der Waals surface area contributed by atoms with E-state index in [0.717, 1.165) is 15.6 Å². The van der Waals surface area contributed by atoms with E-state index in [1.54, 1.807) is 44.4 Å². The third-order valence-electron chi connectivity index (χ3n) is 4.45. The summed E-state index contributed by atoms with van der Waals surface area (Å²) in [5, 5.41) is 1.81. The van der Waals surface area contributed by atoms with Crippen molar-refractivity contribution in [2.75, 3.05) is 17.5 Å². The molecule has 0 aliphatic carbocycles. The van der Waals surface area contributed by atoms with E-state index < -0.39 is 28.3 Å². The monoisotopic (exact) mass is 447 g/mol. The van der Waals surface area contributed by atoms with Gasteiger partial charge < -0.3 is 9.72 Å². The van der Waals surface area contributed by atoms with Crippen LogP contribution >= 0.6 is 11.3 Å². The normalized spacial score (nSPS) is 11.3. The van der Waals surface area contributed by atoms with E-state index in [2.05, 4.69) is 9.97 Å². The van der Waals surface area contributed by atoms with Gasteiger partial charge in [-0.2, -0.15) is 0 Å². The summed E-state index contributed by atoms with van der Waals surface area (Å²) in [7, 11) is -4.01. The number of nitrogens with zero attached hydrogens (tertiary/aromatic N) is 2. The van der Waals surface area contributed by atoms with Crippen LogP contribution in [0.5, 0.6) is 0 Å². The number of nitrogens with one attached hydrogen (secondary N) is 1. The number of hydrogen-bond donors (Lipinski definition) is 1. The SMILES string of the molecule is CCOC(=O)c1c(C)[nH]c(C(=O)CN(c2nccs2)S(=O)(=O)c2ccccc2)c1C. The molecule has 0 atom stereocenters. The van der Waals surface area contributed by atoms with E-state index in [0.29, 0.717) is 11.3 Å². The van der Waals surface area contributed by atoms with E-state index in [4.69, 9.17) is 4.74 Å². The van der Waals surface area contributed by atoms with Gasteiger partial charge in [-0.25, -0.2) is 22.5 Å². The van der Waals surface area contributed by atoms with Gasteiger partial charge in [0.25, 0.3) is 10.0 Å². The number of aromatic nitrogens is 2. The number of thiazole rings is 1. The van der Waals surface area contributed by atoms with Crippen LogP contribution in [0.4, 0.5) is 5.13 Å². The third kappa shape index (κ3) is 4.14. The van der Waals surface area contributed by atoms with Gasteiger partial charge in [0.1, 0.15) is 6.54 Å². The standard InChI is InChI=1S/C20H21N3O5S2/c1-4-28-19(25)17-13(2)18(22-14(17)3)16(24)12-23(20-21-10-11-29-20)30(26,27)15-8-6-5-7-9-15/h5-11,22H,4,12H2,1-3H3. The van der Waals surface area contributed by atoms with Gasteiger partial charge in [-0.05, 0) is 38.5 Å². The minimum absolute atomic E-state index is 0.0552. The predicted octanol–water partition coefficient (Wildman–Crippen LogP) is 3.34. The van der Waals surface area contributed by atoms with Crippen molar-refractivity contribution < 1.29 is 22.7 Å². The average molecular weight is 448 g/mol. The molecule has 158 valence electrons. The minimum atomic E-state index is -4.01. The topological polar surface area (TPSA) is 109 Å². The molecule has 0 saturated heterocycles. The number of carbonyl (C=O) groups excluding carboxylic acids is 2. The molecule has 0 aliphatic heterocycles. The van der Waals surface area contributed by atoms with Gasteiger partial charge in [-0.3, -0.25) is 4.79 Å². The van der Waals surface area contributed by atoms with Gasteiger partial charge in [0.15, 0.2) is 10.9 Å². The lowest BCUT2D eigenvalue weighted by Gasteiger charge is -2.21. The summed E-state index contributed by atoms with van der Waals surface area (Å²) >= 11 is 1.11. The quantitative estimate of drug-likeness (QED) is 0.419. The Morgan fingerprint density at radius 1 is 1.20 bits per heavy atom. The van der Waals surface area contributed by atoms with E-state index in [9.17, 15) is 18.0 Å². The molecule has 3 aromatic rings. The fourth-order valence-electron chi connectivity index (χ4n) is 3.06. The molecule has 30 heavy (non-hydrogen) atoms. The van der Waals surface area contributed by atoms with Gasteiger partial charge in [0.05, 0.1) is 22.8 Å². The number of aryl methyl sites for hydroxylation is 1. The van der Waals surface area contributed by atoms with Crippen molar-refractivity contribution in [2.45, 2.75) is 25.7 Å². The van der Waals surface area contributed by atoms with Crippen molar-refractivity contribution in [1.29, 1.82) is 0 Å². The highest BCUT2D eigenvalue weighted by atomic mass is 32.2. The van der Waals surface area contributed by atoms with Crippen LogP contribution in [0, 0.1) is 13.8 Å². The number of esters is 1. The van der Waals surface area contributed by atoms with Crippen LogP contribution in [0.1, 0.15) is 39.0 Å². The van der Waals surface area contributed by atoms with Crippen molar-refractivity contribution >= 4 is 38.2 Å². The molecule has 3 rings (SSSR count). The Morgan fingerprint density at radius 3 is 2.50 bits per heavy atom. The highest BCUT2D eigenvalue weighted by molar-refractivity contribution is 7.93. The summed E-state index contributed by atoms with van der Waals surface area (Å²) in [5.41, 5.74) is 1.36. The Morgan fingerprint density at radius 2 is 1.90 bits per heavy atom. The molecule has 0 fully saturated rings. The van der Waals surface area contributed by atoms with Crippen LogP contribution in [0.2, 0.25) is 0 Å². The fourth-order valence-corrected chi connectivity index (χ4v) is 5.33. The van der Waals surface area contributed by atoms with Crippen LogP contribution < -0.4 is 4.31 Å². The van der Waals surface area contributed by atoms with Gasteiger partial charge in [-0.15, -0.1) is 11.3 Å². The number of H-pyrrole nitrogens is 1. The van der Waals surface area contributed by atoms with Gasteiger partial charge in [0.2, 0.25) is 0 Å². The number of sulfonamides is 1. The first kappa shape index (κ1) is 21.7. The zero-order chi connectivity index (χ0) is 21.9. The lowest BCUT2D eigenvalue weighted by atomic mass is 10.1. The summed E-state index contributed by atoms with van der Waals surface area (Å²) < 4.78 is 32.4. The Hall–Kier alpha value is -2.98. The second-order valence-electron chi connectivity index (χ2n) is 6.41. The zero-order valence-electron chi connectivity index (χ0n) is 16.7. The van der Waals surface area contributed by atoms with Gasteiger partial charge in [-0.1, -0.05) is 18.2 Å². The Bertz CT molecular complexity index is 1150. The lowest BCUT2D eigenvalue weighted by Crippen LogP contribution is -2.36. The lowest BCUT2D eigenvalue weighted by molar-refractivity contribution is 0.0525. The molecule has 2 heterocycles. The molecule has 0 spiro atoms. The molecule has 0 unspecified atom stereocenters. The van der Waals surface area contributed by atoms with Crippen molar-refractivity contribution in [3.05, 3.63) is 64.4 Å². The van der Waals surface area contributed by atoms with Crippen molar-refractivity contribution in [1.82, 2.24) is 9.97 Å². The second-order valence-corrected chi connectivity index (χ2v) is 9.14. The Kier molecular flexibility index (Phi) is 6.37. The van der Waals surface area contributed by atoms with Crippen LogP contribution in [0.15, 0.2) is 46.8 Å². The average Bonchev–Trinajstić information content (AvgIpc) is 3.34. The Labute approximate surface area is 178 Å². The molecular formula is C20H21N3O5S2. The number of ether oxygens (including phenoxy) is 1. The van der Waals surface area contributed by atoms with Crippen LogP contribution in [-0.2, 0) is 14.8 Å². The second kappa shape index (κ2) is 8.80. The van der Waals surface area contributed by atoms with Crippen LogP contribution in [0.3, 0.4) is 0 Å². The minimum Gasteiger partial charge on any atom is -0.462 e. The van der Waals surface area contributed by atoms with E-state index >= 15 is 0 Å². The van der Waals surface area contributed by atoms with Crippen LogP contribution in [0.25, 0.3) is 0 Å². The first-order chi connectivity index (χ1) is 14.3. The fraction of sp³-hybridized carbons (Fsp3) is 0.250.